The number of carbonyl (C=O) groups is 1. The highest BCUT2D eigenvalue weighted by Crippen LogP contribution is 2.25. The molecule has 2 saturated heterocycles. The van der Waals surface area contributed by atoms with E-state index in [-0.39, 0.29) is 11.8 Å². The highest BCUT2D eigenvalue weighted by Gasteiger charge is 2.31. The standard InChI is InChI=1S/C24H36N4O/c29-24(26-17-20-6-2-1-3-7-20)22-9-5-13-28(19-22)23-10-14-27(15-11-23)18-21-8-4-12-25-16-21/h4,6,8,12,16,22-23H,1-3,5,7,9-11,13-15,17-19H2,(H,26,29)/t22-/m1/s1. The lowest BCUT2D eigenvalue weighted by Crippen LogP contribution is -2.50. The van der Waals surface area contributed by atoms with E-state index in [1.165, 1.54) is 43.2 Å². The number of hydrogen-bond acceptors (Lipinski definition) is 4. The number of hydrogen-bond donors (Lipinski definition) is 1. The number of likely N-dealkylation sites (tertiary alicyclic amines) is 2. The highest BCUT2D eigenvalue weighted by atomic mass is 16.1. The molecular formula is C24H36N4O. The first-order valence-corrected chi connectivity index (χ1v) is 11.6. The minimum absolute atomic E-state index is 0.168. The Morgan fingerprint density at radius 2 is 2.03 bits per heavy atom. The van der Waals surface area contributed by atoms with Gasteiger partial charge in [0.1, 0.15) is 0 Å². The SMILES string of the molecule is O=C(NCC1=CCCCC1)[C@@H]1CCCN(C2CCN(Cc3cccnc3)CC2)C1. The smallest absolute Gasteiger partial charge is 0.224 e. The van der Waals surface area contributed by atoms with Crippen molar-refractivity contribution in [3.8, 4) is 0 Å². The molecule has 2 aliphatic heterocycles. The van der Waals surface area contributed by atoms with Crippen molar-refractivity contribution >= 4 is 5.91 Å². The van der Waals surface area contributed by atoms with Gasteiger partial charge in [-0.3, -0.25) is 19.6 Å². The lowest BCUT2D eigenvalue weighted by atomic mass is 9.93. The van der Waals surface area contributed by atoms with E-state index in [1.54, 1.807) is 0 Å². The molecule has 1 N–H and O–H groups in total. The molecule has 1 aliphatic carbocycles. The molecule has 3 aliphatic rings. The number of aromatic nitrogens is 1. The molecule has 0 radical (unpaired) electrons. The molecule has 1 atom stereocenters. The molecule has 29 heavy (non-hydrogen) atoms. The Morgan fingerprint density at radius 3 is 2.79 bits per heavy atom. The third kappa shape index (κ3) is 5.89. The minimum Gasteiger partial charge on any atom is -0.352 e. The summed E-state index contributed by atoms with van der Waals surface area (Å²) >= 11 is 0. The molecule has 0 bridgehead atoms. The van der Waals surface area contributed by atoms with Crippen LogP contribution in [0.1, 0.15) is 56.9 Å². The van der Waals surface area contributed by atoms with Crippen molar-refractivity contribution in [2.24, 2.45) is 5.92 Å². The van der Waals surface area contributed by atoms with Gasteiger partial charge in [0.05, 0.1) is 5.92 Å². The second-order valence-corrected chi connectivity index (χ2v) is 9.03. The average molecular weight is 397 g/mol. The molecule has 4 rings (SSSR count). The summed E-state index contributed by atoms with van der Waals surface area (Å²) in [6.45, 7) is 6.14. The van der Waals surface area contributed by atoms with Crippen LogP contribution in [-0.4, -0.2) is 59.5 Å². The fourth-order valence-corrected chi connectivity index (χ4v) is 5.15. The van der Waals surface area contributed by atoms with Crippen LogP contribution in [0.5, 0.6) is 0 Å². The largest absolute Gasteiger partial charge is 0.352 e. The van der Waals surface area contributed by atoms with Crippen LogP contribution in [0.3, 0.4) is 0 Å². The van der Waals surface area contributed by atoms with E-state index in [4.69, 9.17) is 0 Å². The van der Waals surface area contributed by atoms with Crippen molar-refractivity contribution in [2.75, 3.05) is 32.7 Å². The van der Waals surface area contributed by atoms with E-state index >= 15 is 0 Å². The molecule has 0 aromatic carbocycles. The van der Waals surface area contributed by atoms with E-state index in [2.05, 4.69) is 32.2 Å². The summed E-state index contributed by atoms with van der Waals surface area (Å²) in [7, 11) is 0. The van der Waals surface area contributed by atoms with Crippen molar-refractivity contribution in [2.45, 2.75) is 64.0 Å². The fraction of sp³-hybridized carbons (Fsp3) is 0.667. The lowest BCUT2D eigenvalue weighted by Gasteiger charge is -2.42. The van der Waals surface area contributed by atoms with Crippen molar-refractivity contribution in [3.63, 3.8) is 0 Å². The number of amides is 1. The van der Waals surface area contributed by atoms with Gasteiger partial charge in [-0.05, 0) is 82.6 Å². The van der Waals surface area contributed by atoms with Crippen LogP contribution in [0.15, 0.2) is 36.2 Å². The number of piperidine rings is 2. The molecule has 2 fully saturated rings. The number of carbonyl (C=O) groups excluding carboxylic acids is 1. The van der Waals surface area contributed by atoms with E-state index in [0.29, 0.717) is 6.04 Å². The van der Waals surface area contributed by atoms with Crippen LogP contribution in [0.25, 0.3) is 0 Å². The van der Waals surface area contributed by atoms with E-state index in [0.717, 1.165) is 58.5 Å². The maximum Gasteiger partial charge on any atom is 0.224 e. The van der Waals surface area contributed by atoms with Crippen LogP contribution in [0, 0.1) is 5.92 Å². The second-order valence-electron chi connectivity index (χ2n) is 9.03. The lowest BCUT2D eigenvalue weighted by molar-refractivity contribution is -0.127. The Balaban J connectivity index is 1.21. The summed E-state index contributed by atoms with van der Waals surface area (Å²) < 4.78 is 0. The van der Waals surface area contributed by atoms with Gasteiger partial charge >= 0.3 is 0 Å². The number of pyridine rings is 1. The zero-order chi connectivity index (χ0) is 19.9. The van der Waals surface area contributed by atoms with Gasteiger partial charge in [0.15, 0.2) is 0 Å². The van der Waals surface area contributed by atoms with Crippen LogP contribution in [0.2, 0.25) is 0 Å². The van der Waals surface area contributed by atoms with Crippen molar-refractivity contribution < 1.29 is 4.79 Å². The third-order valence-corrected chi connectivity index (χ3v) is 6.90. The van der Waals surface area contributed by atoms with Gasteiger partial charge in [0.2, 0.25) is 5.91 Å². The van der Waals surface area contributed by atoms with E-state index < -0.39 is 0 Å². The molecular weight excluding hydrogens is 360 g/mol. The number of nitrogens with zero attached hydrogens (tertiary/aromatic N) is 3. The number of rotatable bonds is 6. The molecule has 1 amide bonds. The van der Waals surface area contributed by atoms with Gasteiger partial charge in [0, 0.05) is 38.1 Å². The highest BCUT2D eigenvalue weighted by molar-refractivity contribution is 5.79. The predicted molar refractivity (Wildman–Crippen MR) is 116 cm³/mol. The Kier molecular flexibility index (Phi) is 7.33. The predicted octanol–water partition coefficient (Wildman–Crippen LogP) is 3.37. The van der Waals surface area contributed by atoms with E-state index in [9.17, 15) is 4.79 Å². The van der Waals surface area contributed by atoms with Gasteiger partial charge in [-0.25, -0.2) is 0 Å². The molecule has 5 nitrogen and oxygen atoms in total. The third-order valence-electron chi connectivity index (χ3n) is 6.90. The molecule has 3 heterocycles. The van der Waals surface area contributed by atoms with Crippen LogP contribution >= 0.6 is 0 Å². The Labute approximate surface area is 175 Å². The maximum absolute atomic E-state index is 12.7. The monoisotopic (exact) mass is 396 g/mol. The summed E-state index contributed by atoms with van der Waals surface area (Å²) in [5.74, 6) is 0.441. The summed E-state index contributed by atoms with van der Waals surface area (Å²) in [6.07, 6.45) is 15.7. The van der Waals surface area contributed by atoms with Crippen molar-refractivity contribution in [1.29, 1.82) is 0 Å². The zero-order valence-electron chi connectivity index (χ0n) is 17.7. The Morgan fingerprint density at radius 1 is 1.14 bits per heavy atom. The molecule has 158 valence electrons. The summed E-state index contributed by atoms with van der Waals surface area (Å²) in [4.78, 5) is 22.1. The topological polar surface area (TPSA) is 48.5 Å². The zero-order valence-corrected chi connectivity index (χ0v) is 17.7. The molecule has 1 aromatic heterocycles. The first-order chi connectivity index (χ1) is 14.3. The molecule has 5 heteroatoms. The maximum atomic E-state index is 12.7. The van der Waals surface area contributed by atoms with Gasteiger partial charge in [0.25, 0.3) is 0 Å². The van der Waals surface area contributed by atoms with Gasteiger partial charge in [-0.1, -0.05) is 17.7 Å². The molecule has 0 unspecified atom stereocenters. The molecule has 0 saturated carbocycles. The number of allylic oxidation sites excluding steroid dienone is 1. The van der Waals surface area contributed by atoms with Crippen LogP contribution in [0.4, 0.5) is 0 Å². The fourth-order valence-electron chi connectivity index (χ4n) is 5.15. The van der Waals surface area contributed by atoms with Gasteiger partial charge < -0.3 is 5.32 Å². The first kappa shape index (κ1) is 20.5. The van der Waals surface area contributed by atoms with Gasteiger partial charge in [-0.2, -0.15) is 0 Å². The Hall–Kier alpha value is -1.72. The van der Waals surface area contributed by atoms with Crippen molar-refractivity contribution in [1.82, 2.24) is 20.1 Å². The van der Waals surface area contributed by atoms with E-state index in [1.807, 2.05) is 18.5 Å². The van der Waals surface area contributed by atoms with Crippen LogP contribution in [-0.2, 0) is 11.3 Å². The summed E-state index contributed by atoms with van der Waals surface area (Å²) in [5, 5.41) is 3.23. The normalized spacial score (nSPS) is 24.8. The summed E-state index contributed by atoms with van der Waals surface area (Å²) in [5.41, 5.74) is 2.73. The van der Waals surface area contributed by atoms with Crippen molar-refractivity contribution in [3.05, 3.63) is 41.7 Å². The molecule has 1 aromatic rings. The second kappa shape index (κ2) is 10.4. The average Bonchev–Trinajstić information content (AvgIpc) is 2.79. The minimum atomic E-state index is 0.168. The van der Waals surface area contributed by atoms with Crippen LogP contribution < -0.4 is 5.32 Å². The quantitative estimate of drug-likeness (QED) is 0.749. The molecule has 0 spiro atoms. The first-order valence-electron chi connectivity index (χ1n) is 11.6. The number of nitrogens with one attached hydrogen (secondary N) is 1. The van der Waals surface area contributed by atoms with Gasteiger partial charge in [-0.15, -0.1) is 0 Å². The Bertz CT molecular complexity index is 681. The summed E-state index contributed by atoms with van der Waals surface area (Å²) in [6, 6.07) is 4.82.